The summed E-state index contributed by atoms with van der Waals surface area (Å²) in [6.07, 6.45) is 2.31. The zero-order chi connectivity index (χ0) is 39.3. The number of anilines is 4. The number of fused-ring (bicyclic) bond motifs is 1. The number of nitrogens with zero attached hydrogens (tertiary/aromatic N) is 4. The van der Waals surface area contributed by atoms with Gasteiger partial charge in [0.2, 0.25) is 11.9 Å². The molecule has 2 aliphatic heterocycles. The van der Waals surface area contributed by atoms with Gasteiger partial charge in [0.1, 0.15) is 17.1 Å². The van der Waals surface area contributed by atoms with E-state index in [2.05, 4.69) is 25.9 Å². The molecule has 4 N–H and O–H groups in total. The summed E-state index contributed by atoms with van der Waals surface area (Å²) in [5, 5.41) is 16.6. The molecule has 3 aliphatic rings. The molecule has 6 rings (SSSR count). The fourth-order valence-corrected chi connectivity index (χ4v) is 7.33. The van der Waals surface area contributed by atoms with Crippen molar-refractivity contribution in [2.24, 2.45) is 0 Å². The number of hydrogen-bond donors (Lipinski definition) is 4. The molecule has 16 heteroatoms. The molecular weight excluding hydrogens is 722 g/mol. The molecule has 1 aromatic heterocycles. The number of aliphatic hydroxyl groups is 1. The second-order valence-electron chi connectivity index (χ2n) is 13.1. The van der Waals surface area contributed by atoms with Gasteiger partial charge in [0, 0.05) is 81.1 Å². The third-order valence-electron chi connectivity index (χ3n) is 9.29. The Morgan fingerprint density at radius 1 is 1.07 bits per heavy atom. The van der Waals surface area contributed by atoms with Crippen LogP contribution in [0.4, 0.5) is 36.3 Å². The Bertz CT molecular complexity index is 1700. The summed E-state index contributed by atoms with van der Waals surface area (Å²) in [6.45, 7) is 10.2. The lowest BCUT2D eigenvalue weighted by Gasteiger charge is -2.25. The van der Waals surface area contributed by atoms with Crippen LogP contribution < -0.4 is 20.7 Å². The molecule has 1 aliphatic carbocycles. The number of piperazine rings is 1. The van der Waals surface area contributed by atoms with E-state index in [9.17, 15) is 22.8 Å². The highest BCUT2D eigenvalue weighted by Gasteiger charge is 2.37. The molecular formula is C38H53F3N7O5P. The van der Waals surface area contributed by atoms with Gasteiger partial charge in [-0.25, -0.2) is 4.98 Å². The first-order chi connectivity index (χ1) is 25.9. The van der Waals surface area contributed by atoms with Gasteiger partial charge >= 0.3 is 6.18 Å². The maximum absolute atomic E-state index is 14.1. The number of rotatable bonds is 10. The van der Waals surface area contributed by atoms with Crippen molar-refractivity contribution in [1.82, 2.24) is 25.1 Å². The highest BCUT2D eigenvalue weighted by atomic mass is 31.1. The van der Waals surface area contributed by atoms with Gasteiger partial charge < -0.3 is 40.1 Å². The zero-order valence-corrected chi connectivity index (χ0v) is 32.7. The normalized spacial score (nSPS) is 16.0. The Morgan fingerprint density at radius 3 is 2.37 bits per heavy atom. The zero-order valence-electron chi connectivity index (χ0n) is 31.7. The molecule has 1 saturated heterocycles. The highest BCUT2D eigenvalue weighted by molar-refractivity contribution is 7.31. The van der Waals surface area contributed by atoms with Crippen LogP contribution in [0.3, 0.4) is 0 Å². The van der Waals surface area contributed by atoms with E-state index in [4.69, 9.17) is 14.4 Å². The maximum atomic E-state index is 14.1. The quantitative estimate of drug-likeness (QED) is 0.124. The van der Waals surface area contributed by atoms with Crippen molar-refractivity contribution in [1.29, 1.82) is 0 Å². The van der Waals surface area contributed by atoms with Crippen molar-refractivity contribution < 1.29 is 37.1 Å². The number of carbonyl (C=O) groups excluding carboxylic acids is 2. The van der Waals surface area contributed by atoms with Crippen molar-refractivity contribution in [2.75, 3.05) is 64.2 Å². The molecule has 0 bridgehead atoms. The Balaban J connectivity index is 0.000000464. The number of halogens is 3. The minimum atomic E-state index is -4.71. The van der Waals surface area contributed by atoms with Crippen LogP contribution in [-0.4, -0.2) is 90.2 Å². The number of carbonyl (C=O) groups is 2. The van der Waals surface area contributed by atoms with E-state index in [1.807, 2.05) is 30.0 Å². The standard InChI is InChI=1S/C30H35F3N5O3P.C6H12N2O.C2H6O/c1-4-41-42-17-18-10-12-23(25(14-18)40-3)36-29-34-15-22(30(31,32)33)27(37-29)35-24-13-11-20(19-8-6-5-7-9-19)21-16-38(2)28(39)26(21)24;1-6(9)8-4-2-7-3-5-8;1-2-3/h10-15,19,42H,4-9,16-17H2,1-3H3,(H2,34,35,36,37);7H,2-5H2,1H3;3H,2H2,1H3. The number of nitrogens with one attached hydrogen (secondary N) is 3. The Labute approximate surface area is 317 Å². The lowest BCUT2D eigenvalue weighted by molar-refractivity contribution is -0.137. The minimum Gasteiger partial charge on any atom is -0.495 e. The second-order valence-corrected chi connectivity index (χ2v) is 14.0. The monoisotopic (exact) mass is 775 g/mol. The van der Waals surface area contributed by atoms with Crippen LogP contribution >= 0.6 is 8.81 Å². The molecule has 2 aromatic carbocycles. The van der Waals surface area contributed by atoms with Gasteiger partial charge in [-0.05, 0) is 67.5 Å². The molecule has 3 heterocycles. The average molecular weight is 776 g/mol. The number of ether oxygens (including phenoxy) is 1. The summed E-state index contributed by atoms with van der Waals surface area (Å²) < 4.78 is 53.2. The van der Waals surface area contributed by atoms with Crippen LogP contribution in [0.5, 0.6) is 5.75 Å². The van der Waals surface area contributed by atoms with Crippen LogP contribution in [0.15, 0.2) is 36.5 Å². The van der Waals surface area contributed by atoms with Crippen molar-refractivity contribution >= 4 is 43.8 Å². The fourth-order valence-electron chi connectivity index (χ4n) is 6.64. The van der Waals surface area contributed by atoms with Crippen LogP contribution in [-0.2, 0) is 28.2 Å². The predicted octanol–water partition coefficient (Wildman–Crippen LogP) is 7.19. The molecule has 1 unspecified atom stereocenters. The lowest BCUT2D eigenvalue weighted by Crippen LogP contribution is -2.45. The van der Waals surface area contributed by atoms with Gasteiger partial charge in [0.05, 0.1) is 24.0 Å². The van der Waals surface area contributed by atoms with Gasteiger partial charge in [0.25, 0.3) is 5.91 Å². The van der Waals surface area contributed by atoms with Crippen molar-refractivity contribution in [3.8, 4) is 5.75 Å². The molecule has 12 nitrogen and oxygen atoms in total. The first kappa shape index (κ1) is 42.7. The fraction of sp³-hybridized carbons (Fsp3) is 0.526. The first-order valence-electron chi connectivity index (χ1n) is 18.4. The number of hydrogen-bond acceptors (Lipinski definition) is 10. The van der Waals surface area contributed by atoms with Crippen LogP contribution in [0.1, 0.15) is 91.4 Å². The third-order valence-corrected chi connectivity index (χ3v) is 10.3. The largest absolute Gasteiger partial charge is 0.495 e. The van der Waals surface area contributed by atoms with E-state index < -0.39 is 17.6 Å². The number of aliphatic hydroxyl groups excluding tert-OH is 1. The summed E-state index contributed by atoms with van der Waals surface area (Å²) in [6, 6.07) is 9.16. The smallest absolute Gasteiger partial charge is 0.421 e. The SMILES string of the molecule is CC(=O)N1CCNCC1.CCO.CCOPCc1ccc(Nc2ncc(C(F)(F)F)c(Nc3ccc(C4CCCCC4)c4c3C(=O)N(C)C4)n2)c(OC)c1. The summed E-state index contributed by atoms with van der Waals surface area (Å²) in [5.74, 6) is 0.325. The molecule has 2 fully saturated rings. The molecule has 54 heavy (non-hydrogen) atoms. The highest BCUT2D eigenvalue weighted by Crippen LogP contribution is 2.42. The molecule has 1 atom stereocenters. The molecule has 0 spiro atoms. The van der Waals surface area contributed by atoms with Crippen molar-refractivity contribution in [3.63, 3.8) is 0 Å². The van der Waals surface area contributed by atoms with E-state index in [0.717, 1.165) is 74.7 Å². The molecule has 1 saturated carbocycles. The second kappa shape index (κ2) is 20.6. The van der Waals surface area contributed by atoms with Gasteiger partial charge in [-0.1, -0.05) is 31.4 Å². The Morgan fingerprint density at radius 2 is 1.76 bits per heavy atom. The number of aromatic nitrogens is 2. The summed E-state index contributed by atoms with van der Waals surface area (Å²) >= 11 is 0. The van der Waals surface area contributed by atoms with Gasteiger partial charge in [-0.3, -0.25) is 9.59 Å². The predicted molar refractivity (Wildman–Crippen MR) is 206 cm³/mol. The van der Waals surface area contributed by atoms with Crippen LogP contribution in [0, 0.1) is 0 Å². The van der Waals surface area contributed by atoms with Gasteiger partial charge in [-0.2, -0.15) is 18.2 Å². The molecule has 296 valence electrons. The van der Waals surface area contributed by atoms with Crippen molar-refractivity contribution in [3.05, 3.63) is 64.3 Å². The number of methoxy groups -OCH3 is 1. The van der Waals surface area contributed by atoms with Crippen molar-refractivity contribution in [2.45, 2.75) is 77.7 Å². The van der Waals surface area contributed by atoms with Crippen LogP contribution in [0.2, 0.25) is 0 Å². The number of amides is 2. The maximum Gasteiger partial charge on any atom is 0.421 e. The molecule has 3 aromatic rings. The summed E-state index contributed by atoms with van der Waals surface area (Å²) in [4.78, 5) is 35.5. The summed E-state index contributed by atoms with van der Waals surface area (Å²) in [5.41, 5.74) is 3.18. The minimum absolute atomic E-state index is 0.0494. The number of alkyl halides is 3. The summed E-state index contributed by atoms with van der Waals surface area (Å²) in [7, 11) is 3.54. The van der Waals surface area contributed by atoms with Crippen LogP contribution in [0.25, 0.3) is 0 Å². The van der Waals surface area contributed by atoms with E-state index in [1.54, 1.807) is 37.9 Å². The van der Waals surface area contributed by atoms with E-state index >= 15 is 0 Å². The van der Waals surface area contributed by atoms with E-state index in [0.29, 0.717) is 56.7 Å². The topological polar surface area (TPSA) is 141 Å². The van der Waals surface area contributed by atoms with Gasteiger partial charge in [0.15, 0.2) is 0 Å². The lowest BCUT2D eigenvalue weighted by atomic mass is 9.81. The Kier molecular flexibility index (Phi) is 16.3. The van der Waals surface area contributed by atoms with E-state index in [1.165, 1.54) is 13.5 Å². The third kappa shape index (κ3) is 11.5. The Hall–Kier alpha value is -4.04. The average Bonchev–Trinajstić information content (AvgIpc) is 3.46. The number of benzene rings is 2. The van der Waals surface area contributed by atoms with Gasteiger partial charge in [-0.15, -0.1) is 0 Å². The van der Waals surface area contributed by atoms with E-state index in [-0.39, 0.29) is 24.4 Å². The molecule has 2 amide bonds. The first-order valence-corrected chi connectivity index (χ1v) is 19.5. The molecule has 0 radical (unpaired) electrons.